The Labute approximate surface area is 269 Å². The van der Waals surface area contributed by atoms with Gasteiger partial charge in [-0.25, -0.2) is 10.1 Å². The van der Waals surface area contributed by atoms with Crippen molar-refractivity contribution in [1.82, 2.24) is 21.4 Å². The highest BCUT2D eigenvalue weighted by atomic mass is 32.1. The summed E-state index contributed by atoms with van der Waals surface area (Å²) >= 11 is 1.36. The number of guanidine groups is 1. The molecule has 15 heteroatoms. The Morgan fingerprint density at radius 2 is 1.93 bits per heavy atom. The number of carbonyl (C=O) groups is 3. The van der Waals surface area contributed by atoms with Gasteiger partial charge in [0.2, 0.25) is 11.8 Å². The molecule has 2 amide bonds. The first-order valence-corrected chi connectivity index (χ1v) is 16.8. The smallest absolute Gasteiger partial charge is 0.404 e. The lowest BCUT2D eigenvalue weighted by molar-refractivity contribution is -0.525. The van der Waals surface area contributed by atoms with Crippen molar-refractivity contribution in [3.63, 3.8) is 0 Å². The van der Waals surface area contributed by atoms with E-state index in [1.807, 2.05) is 11.4 Å². The minimum atomic E-state index is -0.898. The molecule has 5 N–H and O–H groups in total. The molecule has 0 spiro atoms. The number of hydrogen-bond donors (Lipinski definition) is 5. The molecule has 5 rings (SSSR count). The molecule has 6 atom stereocenters. The number of nitro groups is 1. The van der Waals surface area contributed by atoms with Crippen LogP contribution in [0.5, 0.6) is 0 Å². The summed E-state index contributed by atoms with van der Waals surface area (Å²) < 4.78 is 13.2. The minimum Gasteiger partial charge on any atom is -0.404 e. The molecule has 0 aromatic carbocycles. The van der Waals surface area contributed by atoms with Crippen LogP contribution < -0.4 is 21.4 Å². The summed E-state index contributed by atoms with van der Waals surface area (Å²) in [6, 6.07) is 2.67. The number of ketones is 1. The number of nitrogens with zero attached hydrogens (tertiary/aromatic N) is 1. The lowest BCUT2D eigenvalue weighted by Gasteiger charge is -2.64. The summed E-state index contributed by atoms with van der Waals surface area (Å²) in [7, 11) is -0.614. The number of nitrogens with one attached hydrogen (secondary N) is 5. The van der Waals surface area contributed by atoms with Crippen LogP contribution in [0.15, 0.2) is 17.5 Å². The third-order valence-electron chi connectivity index (χ3n) is 9.78. The van der Waals surface area contributed by atoms with Crippen LogP contribution in [0.4, 0.5) is 0 Å². The van der Waals surface area contributed by atoms with Crippen LogP contribution >= 0.6 is 11.3 Å². The van der Waals surface area contributed by atoms with Gasteiger partial charge in [-0.05, 0) is 80.1 Å². The van der Waals surface area contributed by atoms with Crippen molar-refractivity contribution >= 4 is 42.0 Å². The van der Waals surface area contributed by atoms with Crippen molar-refractivity contribution in [2.75, 3.05) is 6.54 Å². The second kappa shape index (κ2) is 14.6. The highest BCUT2D eigenvalue weighted by molar-refractivity contribution is 7.12. The van der Waals surface area contributed by atoms with E-state index >= 15 is 0 Å². The second-order valence-electron chi connectivity index (χ2n) is 13.8. The normalized spacial score (nSPS) is 25.8. The lowest BCUT2D eigenvalue weighted by Crippen LogP contribution is -2.65. The van der Waals surface area contributed by atoms with Gasteiger partial charge in [0.15, 0.2) is 10.8 Å². The van der Waals surface area contributed by atoms with E-state index in [9.17, 15) is 24.5 Å². The molecule has 1 aromatic rings. The van der Waals surface area contributed by atoms with Gasteiger partial charge >= 0.3 is 7.12 Å². The summed E-state index contributed by atoms with van der Waals surface area (Å²) in [4.78, 5) is 50.3. The number of rotatable bonds is 16. The number of hydrogen-bond acceptors (Lipinski definition) is 9. The molecule has 2 bridgehead atoms. The van der Waals surface area contributed by atoms with E-state index in [-0.39, 0.29) is 60.8 Å². The van der Waals surface area contributed by atoms with Crippen molar-refractivity contribution in [1.29, 1.82) is 5.41 Å². The maximum absolute atomic E-state index is 13.8. The molecule has 1 aliphatic heterocycles. The number of amides is 2. The van der Waals surface area contributed by atoms with Gasteiger partial charge in [0.25, 0.3) is 5.96 Å². The van der Waals surface area contributed by atoms with Gasteiger partial charge in [-0.3, -0.25) is 19.8 Å². The Kier molecular flexibility index (Phi) is 11.3. The molecule has 2 heterocycles. The molecule has 3 aliphatic carbocycles. The minimum absolute atomic E-state index is 0.0211. The average Bonchev–Trinajstić information content (AvgIpc) is 3.61. The molecular formula is C30H47BN6O7S. The molecule has 13 nitrogen and oxygen atoms in total. The molecule has 3 saturated carbocycles. The van der Waals surface area contributed by atoms with Crippen LogP contribution in [-0.4, -0.2) is 65.9 Å². The topological polar surface area (TPSA) is 185 Å². The SMILES string of the molecule is CC(C)C[C@H](NC(=O)[C@H](CCCNC(=N)N[N+](=O)[O-])NC(=O)CCCC(=O)c1cccs1)B1O[C@@H]2C[C@@H]3C[C@@H](C3(C)C)[C@]2(C)O1. The Balaban J connectivity index is 1.38. The Morgan fingerprint density at radius 1 is 1.18 bits per heavy atom. The molecule has 0 unspecified atom stereocenters. The van der Waals surface area contributed by atoms with Gasteiger partial charge in [-0.2, -0.15) is 0 Å². The van der Waals surface area contributed by atoms with Crippen molar-refractivity contribution in [3.8, 4) is 0 Å². The number of Topliss-reactive ketones (excluding diaryl/α,β-unsaturated/α-hetero) is 1. The van der Waals surface area contributed by atoms with E-state index in [0.29, 0.717) is 36.0 Å². The van der Waals surface area contributed by atoms with Crippen LogP contribution in [0, 0.1) is 38.7 Å². The fourth-order valence-corrected chi connectivity index (χ4v) is 7.95. The van der Waals surface area contributed by atoms with Crippen molar-refractivity contribution in [2.24, 2.45) is 23.2 Å². The van der Waals surface area contributed by atoms with E-state index in [2.05, 4.69) is 50.6 Å². The van der Waals surface area contributed by atoms with Crippen molar-refractivity contribution < 1.29 is 28.7 Å². The van der Waals surface area contributed by atoms with Crippen LogP contribution in [0.3, 0.4) is 0 Å². The van der Waals surface area contributed by atoms with Gasteiger partial charge in [0.1, 0.15) is 6.04 Å². The van der Waals surface area contributed by atoms with Crippen LogP contribution in [0.2, 0.25) is 0 Å². The van der Waals surface area contributed by atoms with Gasteiger partial charge in [-0.15, -0.1) is 11.3 Å². The molecular weight excluding hydrogens is 599 g/mol. The van der Waals surface area contributed by atoms with Crippen LogP contribution in [-0.2, 0) is 18.9 Å². The molecule has 248 valence electrons. The predicted molar refractivity (Wildman–Crippen MR) is 171 cm³/mol. The molecule has 45 heavy (non-hydrogen) atoms. The summed E-state index contributed by atoms with van der Waals surface area (Å²) in [6.07, 6.45) is 3.86. The van der Waals surface area contributed by atoms with E-state index in [1.54, 1.807) is 11.5 Å². The molecule has 4 fully saturated rings. The Morgan fingerprint density at radius 3 is 2.58 bits per heavy atom. The highest BCUT2D eigenvalue weighted by Crippen LogP contribution is 2.65. The van der Waals surface area contributed by atoms with Gasteiger partial charge < -0.3 is 25.3 Å². The number of hydrazine groups is 1. The Hall–Kier alpha value is -3.04. The average molecular weight is 647 g/mol. The Bertz CT molecular complexity index is 1250. The zero-order valence-electron chi connectivity index (χ0n) is 26.9. The van der Waals surface area contributed by atoms with E-state index < -0.39 is 35.7 Å². The monoisotopic (exact) mass is 646 g/mol. The summed E-state index contributed by atoms with van der Waals surface area (Å²) in [5, 5.41) is 27.7. The molecule has 4 aliphatic rings. The maximum atomic E-state index is 13.8. The summed E-state index contributed by atoms with van der Waals surface area (Å²) in [6.45, 7) is 11.0. The van der Waals surface area contributed by atoms with E-state index in [4.69, 9.17) is 14.7 Å². The van der Waals surface area contributed by atoms with E-state index in [0.717, 1.165) is 12.8 Å². The van der Waals surface area contributed by atoms with E-state index in [1.165, 1.54) is 11.3 Å². The highest BCUT2D eigenvalue weighted by Gasteiger charge is 2.68. The lowest BCUT2D eigenvalue weighted by atomic mass is 9.43. The largest absolute Gasteiger partial charge is 0.481 e. The first-order valence-electron chi connectivity index (χ1n) is 15.9. The van der Waals surface area contributed by atoms with Crippen molar-refractivity contribution in [2.45, 2.75) is 110 Å². The standard InChI is InChI=1S/C30H47BN6O7S/c1-18(2)15-25(31-43-24-17-19-16-23(29(19,3)4)30(24,5)44-31)35-27(40)20(9-7-13-33-28(32)36-37(41)42)34-26(39)12-6-10-21(38)22-11-8-14-45-22/h8,11,14,18-20,23-25H,6-7,9-10,12-13,15-17H2,1-5H3,(H,34,39)(H,35,40)(H3,32,33,36)/t19-,20-,23-,24+,25-,30-/m0/s1. The fraction of sp³-hybridized carbons (Fsp3) is 0.733. The van der Waals surface area contributed by atoms with Gasteiger partial charge in [-0.1, -0.05) is 39.2 Å². The van der Waals surface area contributed by atoms with Crippen LogP contribution in [0.25, 0.3) is 0 Å². The molecule has 1 aromatic heterocycles. The summed E-state index contributed by atoms with van der Waals surface area (Å²) in [5.41, 5.74) is 1.49. The van der Waals surface area contributed by atoms with Gasteiger partial charge in [0.05, 0.1) is 22.5 Å². The number of thiophene rings is 1. The summed E-state index contributed by atoms with van der Waals surface area (Å²) in [5.74, 6) is -0.435. The quantitative estimate of drug-likeness (QED) is 0.0341. The zero-order chi connectivity index (χ0) is 32.9. The zero-order valence-corrected chi connectivity index (χ0v) is 27.7. The molecule has 1 saturated heterocycles. The fourth-order valence-electron chi connectivity index (χ4n) is 7.26. The maximum Gasteiger partial charge on any atom is 0.481 e. The van der Waals surface area contributed by atoms with Crippen molar-refractivity contribution in [3.05, 3.63) is 32.5 Å². The third kappa shape index (κ3) is 8.42. The first-order chi connectivity index (χ1) is 21.2. The van der Waals surface area contributed by atoms with Gasteiger partial charge in [0, 0.05) is 19.4 Å². The number of carbonyl (C=O) groups excluding carboxylic acids is 3. The third-order valence-corrected chi connectivity index (χ3v) is 10.7. The molecule has 0 radical (unpaired) electrons. The predicted octanol–water partition coefficient (Wildman–Crippen LogP) is 3.47. The first kappa shape index (κ1) is 34.8. The van der Waals surface area contributed by atoms with Crippen LogP contribution in [0.1, 0.15) is 95.7 Å². The second-order valence-corrected chi connectivity index (χ2v) is 14.7.